The van der Waals surface area contributed by atoms with Gasteiger partial charge >= 0.3 is 0 Å². The SMILES string of the molecule is CCNC(CCc1csc2ccccc12)CC(C)C. The van der Waals surface area contributed by atoms with E-state index in [9.17, 15) is 0 Å². The molecule has 1 aromatic heterocycles. The van der Waals surface area contributed by atoms with Crippen LogP contribution in [-0.4, -0.2) is 12.6 Å². The number of rotatable bonds is 7. The Morgan fingerprint density at radius 3 is 2.74 bits per heavy atom. The molecule has 0 saturated heterocycles. The molecule has 1 nitrogen and oxygen atoms in total. The maximum absolute atomic E-state index is 3.63. The maximum Gasteiger partial charge on any atom is 0.0345 e. The fourth-order valence-electron chi connectivity index (χ4n) is 2.72. The van der Waals surface area contributed by atoms with Crippen molar-refractivity contribution >= 4 is 21.4 Å². The molecule has 0 spiro atoms. The molecule has 0 aliphatic heterocycles. The van der Waals surface area contributed by atoms with Crippen LogP contribution in [0.4, 0.5) is 0 Å². The molecule has 0 amide bonds. The Balaban J connectivity index is 2.00. The van der Waals surface area contributed by atoms with E-state index in [0.717, 1.165) is 12.5 Å². The predicted molar refractivity (Wildman–Crippen MR) is 87.1 cm³/mol. The minimum absolute atomic E-state index is 0.656. The molecular weight excluding hydrogens is 250 g/mol. The van der Waals surface area contributed by atoms with Crippen molar-refractivity contribution in [3.8, 4) is 0 Å². The van der Waals surface area contributed by atoms with Crippen LogP contribution >= 0.6 is 11.3 Å². The predicted octanol–water partition coefficient (Wildman–Crippen LogP) is 4.86. The van der Waals surface area contributed by atoms with Crippen LogP contribution in [0, 0.1) is 5.92 Å². The second kappa shape index (κ2) is 7.06. The van der Waals surface area contributed by atoms with Gasteiger partial charge < -0.3 is 5.32 Å². The van der Waals surface area contributed by atoms with Gasteiger partial charge in [-0.1, -0.05) is 39.0 Å². The molecule has 1 aromatic carbocycles. The lowest BCUT2D eigenvalue weighted by Crippen LogP contribution is -2.30. The van der Waals surface area contributed by atoms with Crippen molar-refractivity contribution in [2.24, 2.45) is 5.92 Å². The van der Waals surface area contributed by atoms with Gasteiger partial charge in [-0.3, -0.25) is 0 Å². The Kier molecular flexibility index (Phi) is 5.41. The highest BCUT2D eigenvalue weighted by molar-refractivity contribution is 7.17. The summed E-state index contributed by atoms with van der Waals surface area (Å²) in [5, 5.41) is 7.42. The Labute approximate surface area is 121 Å². The first-order chi connectivity index (χ1) is 9.20. The lowest BCUT2D eigenvalue weighted by Gasteiger charge is -2.19. The fraction of sp³-hybridized carbons (Fsp3) is 0.529. The van der Waals surface area contributed by atoms with Crippen molar-refractivity contribution in [2.45, 2.75) is 46.1 Å². The van der Waals surface area contributed by atoms with Gasteiger partial charge in [0, 0.05) is 10.7 Å². The number of nitrogens with one attached hydrogen (secondary N) is 1. The van der Waals surface area contributed by atoms with E-state index >= 15 is 0 Å². The van der Waals surface area contributed by atoms with Crippen molar-refractivity contribution in [1.29, 1.82) is 0 Å². The van der Waals surface area contributed by atoms with E-state index in [1.54, 1.807) is 0 Å². The summed E-state index contributed by atoms with van der Waals surface area (Å²) in [6.07, 6.45) is 3.71. The van der Waals surface area contributed by atoms with Gasteiger partial charge in [0.15, 0.2) is 0 Å². The quantitative estimate of drug-likeness (QED) is 0.761. The van der Waals surface area contributed by atoms with Gasteiger partial charge in [0.25, 0.3) is 0 Å². The van der Waals surface area contributed by atoms with Gasteiger partial charge in [0.2, 0.25) is 0 Å². The Bertz CT molecular complexity index is 501. The Hall–Kier alpha value is -0.860. The Morgan fingerprint density at radius 1 is 1.21 bits per heavy atom. The highest BCUT2D eigenvalue weighted by atomic mass is 32.1. The van der Waals surface area contributed by atoms with Crippen LogP contribution in [0.15, 0.2) is 29.6 Å². The van der Waals surface area contributed by atoms with Gasteiger partial charge in [-0.25, -0.2) is 0 Å². The summed E-state index contributed by atoms with van der Waals surface area (Å²) in [6, 6.07) is 9.41. The molecule has 19 heavy (non-hydrogen) atoms. The van der Waals surface area contributed by atoms with Gasteiger partial charge in [0.05, 0.1) is 0 Å². The second-order valence-corrected chi connectivity index (χ2v) is 6.59. The lowest BCUT2D eigenvalue weighted by atomic mass is 9.97. The molecule has 1 heterocycles. The smallest absolute Gasteiger partial charge is 0.0345 e. The van der Waals surface area contributed by atoms with Gasteiger partial charge in [0.1, 0.15) is 0 Å². The Morgan fingerprint density at radius 2 is 2.00 bits per heavy atom. The second-order valence-electron chi connectivity index (χ2n) is 5.68. The maximum atomic E-state index is 3.63. The lowest BCUT2D eigenvalue weighted by molar-refractivity contribution is 0.406. The molecule has 0 aliphatic carbocycles. The molecule has 2 rings (SSSR count). The van der Waals surface area contributed by atoms with E-state index in [0.29, 0.717) is 6.04 Å². The summed E-state index contributed by atoms with van der Waals surface area (Å²) in [6.45, 7) is 7.89. The number of hydrogen-bond donors (Lipinski definition) is 1. The fourth-order valence-corrected chi connectivity index (χ4v) is 3.71. The van der Waals surface area contributed by atoms with Gasteiger partial charge in [-0.2, -0.15) is 0 Å². The molecule has 1 N–H and O–H groups in total. The van der Waals surface area contributed by atoms with Crippen LogP contribution in [0.1, 0.15) is 39.2 Å². The van der Waals surface area contributed by atoms with Crippen molar-refractivity contribution in [1.82, 2.24) is 5.32 Å². The molecule has 1 unspecified atom stereocenters. The summed E-state index contributed by atoms with van der Waals surface area (Å²) in [4.78, 5) is 0. The highest BCUT2D eigenvalue weighted by Gasteiger charge is 2.11. The molecule has 0 saturated carbocycles. The van der Waals surface area contributed by atoms with Crippen LogP contribution in [0.5, 0.6) is 0 Å². The van der Waals surface area contributed by atoms with Crippen LogP contribution in [0.2, 0.25) is 0 Å². The number of aryl methyl sites for hydroxylation is 1. The van der Waals surface area contributed by atoms with Gasteiger partial charge in [-0.05, 0) is 54.1 Å². The minimum Gasteiger partial charge on any atom is -0.314 e. The van der Waals surface area contributed by atoms with E-state index in [4.69, 9.17) is 0 Å². The first-order valence-corrected chi connectivity index (χ1v) is 8.27. The van der Waals surface area contributed by atoms with Crippen LogP contribution in [-0.2, 0) is 6.42 Å². The molecule has 0 aliphatic rings. The van der Waals surface area contributed by atoms with Crippen molar-refractivity contribution in [3.63, 3.8) is 0 Å². The zero-order valence-corrected chi connectivity index (χ0v) is 13.1. The zero-order valence-electron chi connectivity index (χ0n) is 12.3. The van der Waals surface area contributed by atoms with Crippen LogP contribution < -0.4 is 5.32 Å². The van der Waals surface area contributed by atoms with Crippen molar-refractivity contribution in [2.75, 3.05) is 6.54 Å². The largest absolute Gasteiger partial charge is 0.314 e. The standard InChI is InChI=1S/C17H25NS/c1-4-18-15(11-13(2)3)10-9-14-12-19-17-8-6-5-7-16(14)17/h5-8,12-13,15,18H,4,9-11H2,1-3H3. The van der Waals surface area contributed by atoms with Crippen molar-refractivity contribution in [3.05, 3.63) is 35.2 Å². The van der Waals surface area contributed by atoms with Gasteiger partial charge in [-0.15, -0.1) is 11.3 Å². The number of hydrogen-bond acceptors (Lipinski definition) is 2. The molecule has 2 heteroatoms. The van der Waals surface area contributed by atoms with E-state index < -0.39 is 0 Å². The number of benzene rings is 1. The van der Waals surface area contributed by atoms with E-state index in [1.807, 2.05) is 11.3 Å². The molecule has 0 bridgehead atoms. The molecular formula is C17H25NS. The normalized spacial score (nSPS) is 13.3. The van der Waals surface area contributed by atoms with E-state index in [2.05, 4.69) is 55.7 Å². The monoisotopic (exact) mass is 275 g/mol. The summed E-state index contributed by atoms with van der Waals surface area (Å²) in [5.74, 6) is 0.767. The third-order valence-electron chi connectivity index (χ3n) is 3.57. The molecule has 0 radical (unpaired) electrons. The summed E-state index contributed by atoms with van der Waals surface area (Å²) < 4.78 is 1.42. The van der Waals surface area contributed by atoms with E-state index in [-0.39, 0.29) is 0 Å². The number of fused-ring (bicyclic) bond motifs is 1. The average Bonchev–Trinajstić information content (AvgIpc) is 2.79. The molecule has 104 valence electrons. The highest BCUT2D eigenvalue weighted by Crippen LogP contribution is 2.27. The van der Waals surface area contributed by atoms with E-state index in [1.165, 1.54) is 34.9 Å². The summed E-state index contributed by atoms with van der Waals surface area (Å²) in [7, 11) is 0. The third-order valence-corrected chi connectivity index (χ3v) is 4.58. The first kappa shape index (κ1) is 14.5. The molecule has 2 aromatic rings. The third kappa shape index (κ3) is 4.05. The van der Waals surface area contributed by atoms with Crippen LogP contribution in [0.25, 0.3) is 10.1 Å². The van der Waals surface area contributed by atoms with Crippen LogP contribution in [0.3, 0.4) is 0 Å². The summed E-state index contributed by atoms with van der Waals surface area (Å²) >= 11 is 1.87. The molecule has 1 atom stereocenters. The molecule has 0 fully saturated rings. The minimum atomic E-state index is 0.656. The average molecular weight is 275 g/mol. The first-order valence-electron chi connectivity index (χ1n) is 7.39. The van der Waals surface area contributed by atoms with Crippen molar-refractivity contribution < 1.29 is 0 Å². The summed E-state index contributed by atoms with van der Waals surface area (Å²) in [5.41, 5.74) is 1.52. The number of thiophene rings is 1. The topological polar surface area (TPSA) is 12.0 Å². The zero-order chi connectivity index (χ0) is 13.7.